The molecule has 6 nitrogen and oxygen atoms in total. The molecule has 3 aromatic rings. The molecule has 4 rings (SSSR count). The zero-order valence-electron chi connectivity index (χ0n) is 18.9. The van der Waals surface area contributed by atoms with Crippen molar-refractivity contribution in [2.75, 3.05) is 25.2 Å². The number of hydrogen-bond acceptors (Lipinski definition) is 5. The van der Waals surface area contributed by atoms with E-state index in [-0.39, 0.29) is 5.97 Å². The van der Waals surface area contributed by atoms with Crippen LogP contribution in [0.2, 0.25) is 0 Å². The van der Waals surface area contributed by atoms with Crippen LogP contribution in [0.5, 0.6) is 5.75 Å². The molecule has 0 radical (unpaired) electrons. The number of nitrogens with zero attached hydrogens (tertiary/aromatic N) is 3. The molecule has 32 heavy (non-hydrogen) atoms. The molecular weight excluding hydrogens is 402 g/mol. The van der Waals surface area contributed by atoms with Gasteiger partial charge in [-0.1, -0.05) is 24.3 Å². The second-order valence-corrected chi connectivity index (χ2v) is 7.74. The van der Waals surface area contributed by atoms with Gasteiger partial charge in [0.1, 0.15) is 5.75 Å². The highest BCUT2D eigenvalue weighted by molar-refractivity contribution is 5.96. The lowest BCUT2D eigenvalue weighted by Gasteiger charge is -2.25. The summed E-state index contributed by atoms with van der Waals surface area (Å²) < 4.78 is 12.8. The standard InChI is InChI=1S/C26H29N3O3/c1-4-29-18-19(16-27-29)17-28-13-12-21(26(30)31-3)15-22-14-20(10-11-24(22)28)23-8-6-7-9-25(23)32-5-2/h6-11,14-16,18H,4-5,12-13,17H2,1-3H3. The number of rotatable bonds is 7. The number of fused-ring (bicyclic) bond motifs is 1. The Bertz CT molecular complexity index is 1130. The Balaban J connectivity index is 1.75. The van der Waals surface area contributed by atoms with Gasteiger partial charge >= 0.3 is 5.97 Å². The van der Waals surface area contributed by atoms with Gasteiger partial charge in [0.25, 0.3) is 0 Å². The van der Waals surface area contributed by atoms with Gasteiger partial charge in [0.15, 0.2) is 0 Å². The number of methoxy groups -OCH3 is 1. The molecule has 2 aromatic carbocycles. The zero-order chi connectivity index (χ0) is 22.5. The van der Waals surface area contributed by atoms with Crippen molar-refractivity contribution in [2.45, 2.75) is 33.4 Å². The molecule has 0 N–H and O–H groups in total. The van der Waals surface area contributed by atoms with E-state index in [0.29, 0.717) is 18.6 Å². The first-order chi connectivity index (χ1) is 15.6. The van der Waals surface area contributed by atoms with Gasteiger partial charge in [0.05, 0.1) is 19.9 Å². The first-order valence-electron chi connectivity index (χ1n) is 11.0. The Labute approximate surface area is 189 Å². The van der Waals surface area contributed by atoms with Crippen LogP contribution in [0.15, 0.2) is 60.4 Å². The van der Waals surface area contributed by atoms with Crippen molar-refractivity contribution in [3.63, 3.8) is 0 Å². The van der Waals surface area contributed by atoms with Crippen molar-refractivity contribution in [3.8, 4) is 16.9 Å². The third-order valence-electron chi connectivity index (χ3n) is 5.68. The lowest BCUT2D eigenvalue weighted by molar-refractivity contribution is -0.136. The second kappa shape index (κ2) is 9.73. The molecule has 1 aliphatic rings. The number of carbonyl (C=O) groups is 1. The number of hydrogen-bond donors (Lipinski definition) is 0. The number of para-hydroxylation sites is 1. The normalized spacial score (nSPS) is 13.2. The van der Waals surface area contributed by atoms with E-state index >= 15 is 0 Å². The maximum Gasteiger partial charge on any atom is 0.333 e. The molecule has 0 saturated carbocycles. The van der Waals surface area contributed by atoms with Crippen LogP contribution in [0.25, 0.3) is 17.2 Å². The van der Waals surface area contributed by atoms with Crippen molar-refractivity contribution in [3.05, 3.63) is 71.6 Å². The maximum absolute atomic E-state index is 12.4. The lowest BCUT2D eigenvalue weighted by Crippen LogP contribution is -2.24. The van der Waals surface area contributed by atoms with Gasteiger partial charge in [-0.05, 0) is 55.7 Å². The van der Waals surface area contributed by atoms with Crippen LogP contribution >= 0.6 is 0 Å². The van der Waals surface area contributed by atoms with E-state index < -0.39 is 0 Å². The van der Waals surface area contributed by atoms with Gasteiger partial charge in [0.2, 0.25) is 0 Å². The monoisotopic (exact) mass is 431 g/mol. The smallest absolute Gasteiger partial charge is 0.333 e. The van der Waals surface area contributed by atoms with Crippen molar-refractivity contribution in [1.82, 2.24) is 9.78 Å². The number of carbonyl (C=O) groups excluding carboxylic acids is 1. The van der Waals surface area contributed by atoms with Crippen molar-refractivity contribution >= 4 is 17.7 Å². The van der Waals surface area contributed by atoms with Gasteiger partial charge in [-0.2, -0.15) is 5.10 Å². The van der Waals surface area contributed by atoms with E-state index in [4.69, 9.17) is 9.47 Å². The molecule has 0 spiro atoms. The molecular formula is C26H29N3O3. The van der Waals surface area contributed by atoms with Crippen molar-refractivity contribution in [1.29, 1.82) is 0 Å². The number of esters is 1. The fourth-order valence-corrected chi connectivity index (χ4v) is 4.09. The third-order valence-corrected chi connectivity index (χ3v) is 5.68. The number of ether oxygens (including phenoxy) is 2. The van der Waals surface area contributed by atoms with Crippen LogP contribution in [0.4, 0.5) is 5.69 Å². The third kappa shape index (κ3) is 4.54. The van der Waals surface area contributed by atoms with E-state index in [9.17, 15) is 4.79 Å². The topological polar surface area (TPSA) is 56.6 Å². The predicted molar refractivity (Wildman–Crippen MR) is 127 cm³/mol. The number of benzene rings is 2. The molecule has 0 fully saturated rings. The Hall–Kier alpha value is -3.54. The van der Waals surface area contributed by atoms with Crippen LogP contribution in [-0.4, -0.2) is 36.0 Å². The van der Waals surface area contributed by atoms with Crippen LogP contribution in [0.3, 0.4) is 0 Å². The Morgan fingerprint density at radius 3 is 2.75 bits per heavy atom. The molecule has 0 saturated heterocycles. The van der Waals surface area contributed by atoms with Crippen LogP contribution in [0.1, 0.15) is 31.4 Å². The minimum atomic E-state index is -0.281. The summed E-state index contributed by atoms with van der Waals surface area (Å²) in [6.45, 7) is 6.95. The molecule has 6 heteroatoms. The first-order valence-corrected chi connectivity index (χ1v) is 11.0. The SMILES string of the molecule is CCOc1ccccc1-c1ccc2c(c1)C=C(C(=O)OC)CCN2Cc1cnn(CC)c1. The van der Waals surface area contributed by atoms with Crippen LogP contribution in [0, 0.1) is 0 Å². The fraction of sp³-hybridized carbons (Fsp3) is 0.308. The molecule has 0 atom stereocenters. The van der Waals surface area contributed by atoms with E-state index in [1.807, 2.05) is 42.1 Å². The number of aromatic nitrogens is 2. The summed E-state index contributed by atoms with van der Waals surface area (Å²) in [5.74, 6) is 0.571. The highest BCUT2D eigenvalue weighted by Crippen LogP contribution is 2.36. The highest BCUT2D eigenvalue weighted by Gasteiger charge is 2.21. The van der Waals surface area contributed by atoms with Gasteiger partial charge in [-0.3, -0.25) is 4.68 Å². The largest absolute Gasteiger partial charge is 0.493 e. The summed E-state index contributed by atoms with van der Waals surface area (Å²) in [5.41, 5.74) is 5.99. The van der Waals surface area contributed by atoms with E-state index in [2.05, 4.69) is 47.4 Å². The summed E-state index contributed by atoms with van der Waals surface area (Å²) in [6.07, 6.45) is 6.57. The van der Waals surface area contributed by atoms with Crippen molar-refractivity contribution < 1.29 is 14.3 Å². The minimum absolute atomic E-state index is 0.281. The average molecular weight is 432 g/mol. The summed E-state index contributed by atoms with van der Waals surface area (Å²) in [4.78, 5) is 14.7. The number of anilines is 1. The summed E-state index contributed by atoms with van der Waals surface area (Å²) in [6, 6.07) is 14.4. The predicted octanol–water partition coefficient (Wildman–Crippen LogP) is 4.94. The molecule has 1 aliphatic heterocycles. The quantitative estimate of drug-likeness (QED) is 0.496. The first kappa shape index (κ1) is 21.7. The van der Waals surface area contributed by atoms with E-state index in [1.54, 1.807) is 0 Å². The lowest BCUT2D eigenvalue weighted by atomic mass is 9.99. The molecule has 0 amide bonds. The van der Waals surface area contributed by atoms with E-state index in [1.165, 1.54) is 7.11 Å². The molecule has 0 aliphatic carbocycles. The maximum atomic E-state index is 12.4. The highest BCUT2D eigenvalue weighted by atomic mass is 16.5. The van der Waals surface area contributed by atoms with Gasteiger partial charge in [0, 0.05) is 48.2 Å². The van der Waals surface area contributed by atoms with Crippen LogP contribution < -0.4 is 9.64 Å². The minimum Gasteiger partial charge on any atom is -0.493 e. The summed E-state index contributed by atoms with van der Waals surface area (Å²) >= 11 is 0. The Kier molecular flexibility index (Phi) is 6.59. The van der Waals surface area contributed by atoms with Gasteiger partial charge in [-0.25, -0.2) is 4.79 Å². The molecule has 0 unspecified atom stereocenters. The van der Waals surface area contributed by atoms with Gasteiger partial charge in [-0.15, -0.1) is 0 Å². The second-order valence-electron chi connectivity index (χ2n) is 7.74. The van der Waals surface area contributed by atoms with Crippen LogP contribution in [-0.2, 0) is 22.6 Å². The zero-order valence-corrected chi connectivity index (χ0v) is 18.9. The fourth-order valence-electron chi connectivity index (χ4n) is 4.09. The number of aryl methyl sites for hydroxylation is 1. The molecule has 0 bridgehead atoms. The molecule has 2 heterocycles. The Morgan fingerprint density at radius 2 is 2.00 bits per heavy atom. The Morgan fingerprint density at radius 1 is 1.16 bits per heavy atom. The summed E-state index contributed by atoms with van der Waals surface area (Å²) in [5, 5.41) is 4.41. The summed E-state index contributed by atoms with van der Waals surface area (Å²) in [7, 11) is 1.43. The van der Waals surface area contributed by atoms with Crippen molar-refractivity contribution in [2.24, 2.45) is 0 Å². The van der Waals surface area contributed by atoms with E-state index in [0.717, 1.165) is 53.3 Å². The molecule has 1 aromatic heterocycles. The molecule has 166 valence electrons. The average Bonchev–Trinajstić information content (AvgIpc) is 3.20. The van der Waals surface area contributed by atoms with Gasteiger partial charge < -0.3 is 14.4 Å².